The lowest BCUT2D eigenvalue weighted by Crippen LogP contribution is -2.44. The number of allylic oxidation sites excluding steroid dienone is 4. The number of carboxylic acids is 1. The molecule has 0 aliphatic carbocycles. The first-order valence-electron chi connectivity index (χ1n) is 37.0. The van der Waals surface area contributed by atoms with Gasteiger partial charge in [-0.2, -0.15) is 0 Å². The molecule has 0 aliphatic rings. The maximum atomic E-state index is 12.9. The van der Waals surface area contributed by atoms with Gasteiger partial charge in [-0.25, -0.2) is 0 Å². The zero-order valence-corrected chi connectivity index (χ0v) is 56.8. The third kappa shape index (κ3) is 67.3. The summed E-state index contributed by atoms with van der Waals surface area (Å²) < 4.78 is 22.9. The molecule has 0 N–H and O–H groups in total. The van der Waals surface area contributed by atoms with Gasteiger partial charge in [0.25, 0.3) is 0 Å². The number of quaternary nitrogens is 1. The van der Waals surface area contributed by atoms with E-state index in [4.69, 9.17) is 18.9 Å². The van der Waals surface area contributed by atoms with Crippen LogP contribution in [0.3, 0.4) is 0 Å². The Bertz CT molecular complexity index is 1430. The number of aliphatic carboxylic acids is 1. The molecule has 9 heteroatoms. The Morgan fingerprint density at radius 3 is 0.940 bits per heavy atom. The largest absolute Gasteiger partial charge is 0.545 e. The summed E-state index contributed by atoms with van der Waals surface area (Å²) in [6.07, 6.45) is 79.9. The summed E-state index contributed by atoms with van der Waals surface area (Å²) in [6, 6.07) is 0. The Labute approximate surface area is 522 Å². The molecular weight excluding hydrogens is 1040 g/mol. The van der Waals surface area contributed by atoms with Crippen molar-refractivity contribution >= 4 is 17.9 Å². The molecule has 0 aromatic rings. The molecule has 0 heterocycles. The number of esters is 2. The SMILES string of the molecule is CCCCCCC/C=C\C/C=C\CCCCCCCCCCCCCCCCCCCC(=O)OC(COC(=O)CCCCCCCCCCCCCCCCCCCCCCCCCCCCCCCC)COC(OCC[N+](C)(C)C)C(=O)[O-]. The molecule has 0 aromatic carbocycles. The van der Waals surface area contributed by atoms with Gasteiger partial charge in [0.15, 0.2) is 12.4 Å². The van der Waals surface area contributed by atoms with Crippen molar-refractivity contribution in [3.8, 4) is 0 Å². The summed E-state index contributed by atoms with van der Waals surface area (Å²) in [5.41, 5.74) is 0. The Hall–Kier alpha value is -2.23. The van der Waals surface area contributed by atoms with E-state index in [0.717, 1.165) is 44.9 Å². The molecule has 0 saturated heterocycles. The molecule has 0 spiro atoms. The van der Waals surface area contributed by atoms with Gasteiger partial charge in [-0.15, -0.1) is 0 Å². The molecule has 496 valence electrons. The fourth-order valence-electron chi connectivity index (χ4n) is 11.3. The molecule has 0 rings (SSSR count). The van der Waals surface area contributed by atoms with Gasteiger partial charge in [-0.1, -0.05) is 346 Å². The molecular formula is C75H143NO8. The summed E-state index contributed by atoms with van der Waals surface area (Å²) in [4.78, 5) is 37.5. The minimum absolute atomic E-state index is 0.151. The van der Waals surface area contributed by atoms with Crippen molar-refractivity contribution < 1.29 is 42.9 Å². The highest BCUT2D eigenvalue weighted by molar-refractivity contribution is 5.70. The number of carboxylic acid groups (broad SMARTS) is 1. The topological polar surface area (TPSA) is 111 Å². The van der Waals surface area contributed by atoms with Crippen molar-refractivity contribution in [3.63, 3.8) is 0 Å². The maximum Gasteiger partial charge on any atom is 0.306 e. The average molecular weight is 1190 g/mol. The number of likely N-dealkylation sites (N-methyl/N-ethyl adjacent to an activating group) is 1. The Morgan fingerprint density at radius 2 is 0.643 bits per heavy atom. The highest BCUT2D eigenvalue weighted by atomic mass is 16.7. The lowest BCUT2D eigenvalue weighted by molar-refractivity contribution is -0.870. The minimum Gasteiger partial charge on any atom is -0.545 e. The molecule has 2 unspecified atom stereocenters. The number of unbranched alkanes of at least 4 members (excludes halogenated alkanes) is 51. The molecule has 0 radical (unpaired) electrons. The minimum atomic E-state index is -1.62. The normalized spacial score (nSPS) is 12.7. The zero-order valence-electron chi connectivity index (χ0n) is 56.8. The molecule has 84 heavy (non-hydrogen) atoms. The van der Waals surface area contributed by atoms with Crippen LogP contribution in [0.1, 0.15) is 380 Å². The smallest absolute Gasteiger partial charge is 0.306 e. The second-order valence-corrected chi connectivity index (χ2v) is 26.6. The zero-order chi connectivity index (χ0) is 61.2. The number of nitrogens with zero attached hydrogens (tertiary/aromatic N) is 1. The van der Waals surface area contributed by atoms with Crippen LogP contribution in [-0.4, -0.2) is 82.3 Å². The van der Waals surface area contributed by atoms with Gasteiger partial charge in [0.05, 0.1) is 40.3 Å². The highest BCUT2D eigenvalue weighted by Gasteiger charge is 2.22. The lowest BCUT2D eigenvalue weighted by Gasteiger charge is -2.26. The number of carbonyl (C=O) groups excluding carboxylic acids is 3. The summed E-state index contributed by atoms with van der Waals surface area (Å²) in [6.45, 7) is 4.82. The predicted octanol–water partition coefficient (Wildman–Crippen LogP) is 21.6. The first-order chi connectivity index (χ1) is 41.1. The van der Waals surface area contributed by atoms with Gasteiger partial charge in [0, 0.05) is 12.8 Å². The molecule has 2 atom stereocenters. The van der Waals surface area contributed by atoms with Crippen LogP contribution in [0, 0.1) is 0 Å². The standard InChI is InChI=1S/C75H143NO8/c1-6-8-10-12-14-16-18-20-22-24-26-28-30-32-34-36-38-39-41-43-45-47-49-51-53-55-57-59-61-63-65-72(77)82-69-71(70-83-75(74(79)80)81-68-67-76(3,4)5)84-73(78)66-64-62-60-58-56-54-52-50-48-46-44-42-40-37-35-33-31-29-27-25-23-21-19-17-15-13-11-9-7-2/h19,21,25,27,71,75H,6-18,20,22-24,26,28-70H2,1-5H3/b21-19-,27-25-. The second kappa shape index (κ2) is 66.7. The van der Waals surface area contributed by atoms with Crippen LogP contribution < -0.4 is 5.11 Å². The predicted molar refractivity (Wildman–Crippen MR) is 357 cm³/mol. The number of rotatable bonds is 70. The fraction of sp³-hybridized carbons (Fsp3) is 0.907. The van der Waals surface area contributed by atoms with Crippen molar-refractivity contribution in [2.24, 2.45) is 0 Å². The van der Waals surface area contributed by atoms with E-state index >= 15 is 0 Å². The van der Waals surface area contributed by atoms with Crippen LogP contribution in [0.4, 0.5) is 0 Å². The Balaban J connectivity index is 4.03. The molecule has 9 nitrogen and oxygen atoms in total. The van der Waals surface area contributed by atoms with Crippen molar-refractivity contribution in [1.82, 2.24) is 0 Å². The first-order valence-corrected chi connectivity index (χ1v) is 37.0. The Kier molecular flexibility index (Phi) is 64.9. The summed E-state index contributed by atoms with van der Waals surface area (Å²) in [7, 11) is 5.95. The monoisotopic (exact) mass is 1190 g/mol. The third-order valence-electron chi connectivity index (χ3n) is 17.0. The van der Waals surface area contributed by atoms with Gasteiger partial charge < -0.3 is 33.3 Å². The number of carbonyl (C=O) groups is 3. The average Bonchev–Trinajstić information content (AvgIpc) is 3.55. The van der Waals surface area contributed by atoms with Crippen molar-refractivity contribution in [1.29, 1.82) is 0 Å². The molecule has 0 fully saturated rings. The van der Waals surface area contributed by atoms with Crippen LogP contribution in [0.15, 0.2) is 24.3 Å². The third-order valence-corrected chi connectivity index (χ3v) is 17.0. The van der Waals surface area contributed by atoms with Crippen LogP contribution in [0.5, 0.6) is 0 Å². The summed E-state index contributed by atoms with van der Waals surface area (Å²) in [5, 5.41) is 11.8. The summed E-state index contributed by atoms with van der Waals surface area (Å²) in [5.74, 6) is -2.25. The first kappa shape index (κ1) is 81.8. The van der Waals surface area contributed by atoms with Crippen LogP contribution >= 0.6 is 0 Å². The van der Waals surface area contributed by atoms with Gasteiger partial charge in [-0.05, 0) is 44.9 Å². The lowest BCUT2D eigenvalue weighted by atomic mass is 10.0. The van der Waals surface area contributed by atoms with Crippen molar-refractivity contribution in [3.05, 3.63) is 24.3 Å². The highest BCUT2D eigenvalue weighted by Crippen LogP contribution is 2.19. The summed E-state index contributed by atoms with van der Waals surface area (Å²) >= 11 is 0. The molecule has 0 amide bonds. The second-order valence-electron chi connectivity index (χ2n) is 26.6. The van der Waals surface area contributed by atoms with Gasteiger partial charge >= 0.3 is 11.9 Å². The van der Waals surface area contributed by atoms with Crippen LogP contribution in [0.25, 0.3) is 0 Å². The van der Waals surface area contributed by atoms with E-state index in [1.807, 2.05) is 21.1 Å². The van der Waals surface area contributed by atoms with E-state index in [2.05, 4.69) is 38.2 Å². The number of hydrogen-bond acceptors (Lipinski definition) is 8. The maximum absolute atomic E-state index is 12.9. The quantitative estimate of drug-likeness (QED) is 0.0195. The van der Waals surface area contributed by atoms with Gasteiger partial charge in [-0.3, -0.25) is 9.59 Å². The molecule has 0 saturated carbocycles. The van der Waals surface area contributed by atoms with E-state index < -0.39 is 24.3 Å². The van der Waals surface area contributed by atoms with Crippen LogP contribution in [0.2, 0.25) is 0 Å². The van der Waals surface area contributed by atoms with E-state index in [1.165, 1.54) is 308 Å². The Morgan fingerprint density at radius 1 is 0.357 bits per heavy atom. The fourth-order valence-corrected chi connectivity index (χ4v) is 11.3. The molecule has 0 aliphatic heterocycles. The van der Waals surface area contributed by atoms with E-state index in [9.17, 15) is 19.5 Å². The van der Waals surface area contributed by atoms with Gasteiger partial charge in [0.2, 0.25) is 0 Å². The van der Waals surface area contributed by atoms with Crippen molar-refractivity contribution in [2.75, 3.05) is 47.5 Å². The number of ether oxygens (including phenoxy) is 4. The molecule has 0 bridgehead atoms. The van der Waals surface area contributed by atoms with E-state index in [1.54, 1.807) is 0 Å². The number of hydrogen-bond donors (Lipinski definition) is 0. The van der Waals surface area contributed by atoms with E-state index in [0.29, 0.717) is 17.4 Å². The van der Waals surface area contributed by atoms with Gasteiger partial charge in [0.1, 0.15) is 13.2 Å². The van der Waals surface area contributed by atoms with E-state index in [-0.39, 0.29) is 32.2 Å². The molecule has 0 aromatic heterocycles. The van der Waals surface area contributed by atoms with Crippen molar-refractivity contribution in [2.45, 2.75) is 392 Å². The van der Waals surface area contributed by atoms with Crippen LogP contribution in [-0.2, 0) is 33.3 Å².